The molecule has 0 bridgehead atoms. The van der Waals surface area contributed by atoms with Crippen LogP contribution in [0.3, 0.4) is 0 Å². The molecule has 1 aromatic heterocycles. The zero-order valence-electron chi connectivity index (χ0n) is 8.32. The maximum Gasteiger partial charge on any atom is 0.121 e. The first-order valence-corrected chi connectivity index (χ1v) is 4.62. The Kier molecular flexibility index (Phi) is 2.31. The van der Waals surface area contributed by atoms with Crippen LogP contribution in [-0.2, 0) is 6.42 Å². The third kappa shape index (κ3) is 1.41. The second-order valence-electron chi connectivity index (χ2n) is 3.06. The van der Waals surface area contributed by atoms with Crippen molar-refractivity contribution in [1.29, 1.82) is 0 Å². The summed E-state index contributed by atoms with van der Waals surface area (Å²) in [5.74, 6) is 0.842. The van der Waals surface area contributed by atoms with Gasteiger partial charge in [-0.25, -0.2) is 0 Å². The van der Waals surface area contributed by atoms with Crippen molar-refractivity contribution in [1.82, 2.24) is 9.97 Å². The molecule has 0 saturated carbocycles. The van der Waals surface area contributed by atoms with Crippen molar-refractivity contribution >= 4 is 11.0 Å². The summed E-state index contributed by atoms with van der Waals surface area (Å²) in [7, 11) is 1.66. The predicted molar refractivity (Wildman–Crippen MR) is 55.5 cm³/mol. The van der Waals surface area contributed by atoms with E-state index in [1.54, 1.807) is 19.5 Å². The number of hydrogen-bond donors (Lipinski definition) is 0. The Balaban J connectivity index is 2.73. The number of benzene rings is 1. The first-order valence-electron chi connectivity index (χ1n) is 4.62. The van der Waals surface area contributed by atoms with Crippen molar-refractivity contribution < 1.29 is 4.74 Å². The summed E-state index contributed by atoms with van der Waals surface area (Å²) in [6.07, 6.45) is 4.35. The third-order valence-corrected chi connectivity index (χ3v) is 2.24. The number of methoxy groups -OCH3 is 1. The lowest BCUT2D eigenvalue weighted by Crippen LogP contribution is -1.92. The number of ether oxygens (including phenoxy) is 1. The average molecular weight is 188 g/mol. The number of aryl methyl sites for hydroxylation is 1. The van der Waals surface area contributed by atoms with Gasteiger partial charge in [0.25, 0.3) is 0 Å². The van der Waals surface area contributed by atoms with Crippen LogP contribution in [0.5, 0.6) is 5.75 Å². The van der Waals surface area contributed by atoms with Crippen molar-refractivity contribution in [2.45, 2.75) is 13.3 Å². The number of fused-ring (bicyclic) bond motifs is 1. The highest BCUT2D eigenvalue weighted by atomic mass is 16.5. The Hall–Kier alpha value is -1.64. The SMILES string of the molecule is CCc1cc(OC)cc2nccnc12. The molecule has 0 atom stereocenters. The van der Waals surface area contributed by atoms with Crippen LogP contribution < -0.4 is 4.74 Å². The Morgan fingerprint density at radius 3 is 2.71 bits per heavy atom. The van der Waals surface area contributed by atoms with Crippen LogP contribution in [-0.4, -0.2) is 17.1 Å². The second-order valence-corrected chi connectivity index (χ2v) is 3.06. The van der Waals surface area contributed by atoms with Crippen LogP contribution in [0.25, 0.3) is 11.0 Å². The summed E-state index contributed by atoms with van der Waals surface area (Å²) in [6, 6.07) is 3.92. The van der Waals surface area contributed by atoms with Gasteiger partial charge in [-0.15, -0.1) is 0 Å². The van der Waals surface area contributed by atoms with Gasteiger partial charge in [0.15, 0.2) is 0 Å². The molecule has 3 heteroatoms. The highest BCUT2D eigenvalue weighted by Crippen LogP contribution is 2.22. The van der Waals surface area contributed by atoms with Gasteiger partial charge >= 0.3 is 0 Å². The minimum absolute atomic E-state index is 0.842. The van der Waals surface area contributed by atoms with Crippen molar-refractivity contribution in [2.75, 3.05) is 7.11 Å². The quantitative estimate of drug-likeness (QED) is 0.724. The number of nitrogens with zero attached hydrogens (tertiary/aromatic N) is 2. The van der Waals surface area contributed by atoms with E-state index < -0.39 is 0 Å². The molecular formula is C11H12N2O. The minimum Gasteiger partial charge on any atom is -0.497 e. The van der Waals surface area contributed by atoms with Crippen LogP contribution in [0.1, 0.15) is 12.5 Å². The molecule has 0 N–H and O–H groups in total. The molecule has 0 aliphatic rings. The number of aromatic nitrogens is 2. The molecule has 0 amide bonds. The fourth-order valence-corrected chi connectivity index (χ4v) is 1.51. The Labute approximate surface area is 82.8 Å². The van der Waals surface area contributed by atoms with Gasteiger partial charge in [-0.05, 0) is 18.1 Å². The van der Waals surface area contributed by atoms with Crippen molar-refractivity contribution in [3.63, 3.8) is 0 Å². The van der Waals surface area contributed by atoms with Crippen LogP contribution in [0.2, 0.25) is 0 Å². The normalized spacial score (nSPS) is 10.4. The third-order valence-electron chi connectivity index (χ3n) is 2.24. The van der Waals surface area contributed by atoms with E-state index in [-0.39, 0.29) is 0 Å². The van der Waals surface area contributed by atoms with Gasteiger partial charge in [-0.1, -0.05) is 6.92 Å². The monoisotopic (exact) mass is 188 g/mol. The molecule has 1 heterocycles. The summed E-state index contributed by atoms with van der Waals surface area (Å²) in [5, 5.41) is 0. The van der Waals surface area contributed by atoms with Gasteiger partial charge in [-0.2, -0.15) is 0 Å². The molecule has 14 heavy (non-hydrogen) atoms. The van der Waals surface area contributed by atoms with Gasteiger partial charge < -0.3 is 4.74 Å². The van der Waals surface area contributed by atoms with Gasteiger partial charge in [0.1, 0.15) is 5.75 Å². The smallest absolute Gasteiger partial charge is 0.121 e. The van der Waals surface area contributed by atoms with Gasteiger partial charge in [-0.3, -0.25) is 9.97 Å². The number of hydrogen-bond acceptors (Lipinski definition) is 3. The second kappa shape index (κ2) is 3.62. The van der Waals surface area contributed by atoms with Crippen LogP contribution in [0, 0.1) is 0 Å². The van der Waals surface area contributed by atoms with E-state index in [0.29, 0.717) is 0 Å². The molecular weight excluding hydrogens is 176 g/mol. The molecule has 1 aromatic carbocycles. The zero-order chi connectivity index (χ0) is 9.97. The minimum atomic E-state index is 0.842. The maximum absolute atomic E-state index is 5.20. The Bertz CT molecular complexity index is 454. The fourth-order valence-electron chi connectivity index (χ4n) is 1.51. The summed E-state index contributed by atoms with van der Waals surface area (Å²) < 4.78 is 5.20. The van der Waals surface area contributed by atoms with Crippen molar-refractivity contribution in [3.8, 4) is 5.75 Å². The van der Waals surface area contributed by atoms with Crippen molar-refractivity contribution in [3.05, 3.63) is 30.1 Å². The first-order chi connectivity index (χ1) is 6.85. The zero-order valence-corrected chi connectivity index (χ0v) is 8.32. The predicted octanol–water partition coefficient (Wildman–Crippen LogP) is 2.20. The van der Waals surface area contributed by atoms with Gasteiger partial charge in [0.2, 0.25) is 0 Å². The van der Waals surface area contributed by atoms with E-state index in [4.69, 9.17) is 4.74 Å². The largest absolute Gasteiger partial charge is 0.497 e. The highest BCUT2D eigenvalue weighted by Gasteiger charge is 2.04. The molecule has 2 aromatic rings. The molecule has 0 radical (unpaired) electrons. The molecule has 0 saturated heterocycles. The average Bonchev–Trinajstić information content (AvgIpc) is 2.27. The van der Waals surface area contributed by atoms with Crippen LogP contribution >= 0.6 is 0 Å². The molecule has 0 aliphatic heterocycles. The molecule has 0 fully saturated rings. The molecule has 0 unspecified atom stereocenters. The van der Waals surface area contributed by atoms with Crippen molar-refractivity contribution in [2.24, 2.45) is 0 Å². The molecule has 0 spiro atoms. The van der Waals surface area contributed by atoms with E-state index in [1.807, 2.05) is 12.1 Å². The standard InChI is InChI=1S/C11H12N2O/c1-3-8-6-9(14-2)7-10-11(8)13-5-4-12-10/h4-7H,3H2,1-2H3. The lowest BCUT2D eigenvalue weighted by molar-refractivity contribution is 0.415. The first kappa shape index (κ1) is 8.94. The maximum atomic E-state index is 5.20. The van der Waals surface area contributed by atoms with Crippen LogP contribution in [0.15, 0.2) is 24.5 Å². The Morgan fingerprint density at radius 2 is 2.00 bits per heavy atom. The van der Waals surface area contributed by atoms with Gasteiger partial charge in [0, 0.05) is 18.5 Å². The summed E-state index contributed by atoms with van der Waals surface area (Å²) in [4.78, 5) is 8.57. The summed E-state index contributed by atoms with van der Waals surface area (Å²) in [6.45, 7) is 2.10. The van der Waals surface area contributed by atoms with Gasteiger partial charge in [0.05, 0.1) is 18.1 Å². The van der Waals surface area contributed by atoms with E-state index in [1.165, 1.54) is 5.56 Å². The lowest BCUT2D eigenvalue weighted by Gasteiger charge is -2.05. The topological polar surface area (TPSA) is 35.0 Å². The summed E-state index contributed by atoms with van der Waals surface area (Å²) in [5.41, 5.74) is 3.03. The van der Waals surface area contributed by atoms with E-state index >= 15 is 0 Å². The van der Waals surface area contributed by atoms with Crippen LogP contribution in [0.4, 0.5) is 0 Å². The molecule has 2 rings (SSSR count). The van der Waals surface area contributed by atoms with E-state index in [9.17, 15) is 0 Å². The fraction of sp³-hybridized carbons (Fsp3) is 0.273. The van der Waals surface area contributed by atoms with E-state index in [0.717, 1.165) is 23.2 Å². The lowest BCUT2D eigenvalue weighted by atomic mass is 10.1. The molecule has 72 valence electrons. The highest BCUT2D eigenvalue weighted by molar-refractivity contribution is 5.79. The Morgan fingerprint density at radius 1 is 1.21 bits per heavy atom. The van der Waals surface area contributed by atoms with E-state index in [2.05, 4.69) is 16.9 Å². The summed E-state index contributed by atoms with van der Waals surface area (Å²) >= 11 is 0. The number of rotatable bonds is 2. The molecule has 3 nitrogen and oxygen atoms in total. The molecule has 0 aliphatic carbocycles.